The minimum atomic E-state index is -0.276. The first kappa shape index (κ1) is 11.3. The predicted molar refractivity (Wildman–Crippen MR) is 71.3 cm³/mol. The summed E-state index contributed by atoms with van der Waals surface area (Å²) >= 11 is 0. The van der Waals surface area contributed by atoms with Crippen LogP contribution in [0.4, 0.5) is 0 Å². The van der Waals surface area contributed by atoms with E-state index in [2.05, 4.69) is 20.2 Å². The second-order valence-electron chi connectivity index (χ2n) is 3.92. The third-order valence-corrected chi connectivity index (χ3v) is 2.72. The number of rotatable bonds is 2. The minimum Gasteiger partial charge on any atom is -0.267 e. The molecule has 3 aromatic rings. The lowest BCUT2D eigenvalue weighted by molar-refractivity contribution is 0.989. The summed E-state index contributed by atoms with van der Waals surface area (Å²) in [6.45, 7) is 0. The molecule has 5 nitrogen and oxygen atoms in total. The largest absolute Gasteiger partial charge is 0.274 e. The van der Waals surface area contributed by atoms with Gasteiger partial charge in [-0.3, -0.25) is 14.8 Å². The van der Waals surface area contributed by atoms with Gasteiger partial charge in [0.1, 0.15) is 0 Å². The maximum atomic E-state index is 12.0. The Balaban J connectivity index is 2.28. The highest BCUT2D eigenvalue weighted by Gasteiger charge is 2.13. The van der Waals surface area contributed by atoms with Crippen LogP contribution in [0.25, 0.3) is 22.5 Å². The normalized spacial score (nSPS) is 10.3. The summed E-state index contributed by atoms with van der Waals surface area (Å²) in [6, 6.07) is 11.0. The summed E-state index contributed by atoms with van der Waals surface area (Å²) in [7, 11) is 0. The molecule has 0 aliphatic rings. The standard InChI is InChI=1S/C14H10N4O/c19-14-13(12-6-2-4-8-16-12)10(9-17-18-14)11-5-1-3-7-15-11/h1-9H,(H,18,19). The third-order valence-electron chi connectivity index (χ3n) is 2.72. The van der Waals surface area contributed by atoms with Gasteiger partial charge < -0.3 is 0 Å². The Bertz CT molecular complexity index is 738. The van der Waals surface area contributed by atoms with Gasteiger partial charge in [-0.2, -0.15) is 5.10 Å². The molecule has 0 atom stereocenters. The molecule has 0 aliphatic carbocycles. The number of nitrogens with one attached hydrogen (secondary N) is 1. The molecule has 19 heavy (non-hydrogen) atoms. The van der Waals surface area contributed by atoms with Gasteiger partial charge in [-0.25, -0.2) is 5.10 Å². The SMILES string of the molecule is O=c1[nH]ncc(-c2ccccn2)c1-c1ccccn1. The fourth-order valence-electron chi connectivity index (χ4n) is 1.88. The first-order valence-corrected chi connectivity index (χ1v) is 5.77. The molecule has 3 heterocycles. The first-order chi connectivity index (χ1) is 9.36. The maximum Gasteiger partial charge on any atom is 0.274 e. The van der Waals surface area contributed by atoms with Crippen LogP contribution in [0.2, 0.25) is 0 Å². The Morgan fingerprint density at radius 3 is 2.21 bits per heavy atom. The Kier molecular flexibility index (Phi) is 2.86. The van der Waals surface area contributed by atoms with E-state index < -0.39 is 0 Å². The van der Waals surface area contributed by atoms with Crippen LogP contribution < -0.4 is 5.56 Å². The Hall–Kier alpha value is -2.82. The van der Waals surface area contributed by atoms with E-state index in [0.717, 1.165) is 0 Å². The van der Waals surface area contributed by atoms with Crippen LogP contribution in [0.5, 0.6) is 0 Å². The lowest BCUT2D eigenvalue weighted by Crippen LogP contribution is -2.12. The number of aromatic nitrogens is 4. The smallest absolute Gasteiger partial charge is 0.267 e. The summed E-state index contributed by atoms with van der Waals surface area (Å²) in [5.74, 6) is 0. The predicted octanol–water partition coefficient (Wildman–Crippen LogP) is 1.89. The fraction of sp³-hybridized carbons (Fsp3) is 0. The van der Waals surface area contributed by atoms with Crippen molar-refractivity contribution >= 4 is 0 Å². The van der Waals surface area contributed by atoms with Crippen LogP contribution >= 0.6 is 0 Å². The van der Waals surface area contributed by atoms with E-state index in [4.69, 9.17) is 0 Å². The molecule has 0 saturated carbocycles. The molecule has 3 rings (SSSR count). The molecule has 0 aromatic carbocycles. The second-order valence-corrected chi connectivity index (χ2v) is 3.92. The zero-order valence-corrected chi connectivity index (χ0v) is 9.95. The van der Waals surface area contributed by atoms with Crippen molar-refractivity contribution < 1.29 is 0 Å². The number of aromatic amines is 1. The molecule has 0 spiro atoms. The molecule has 0 radical (unpaired) electrons. The van der Waals surface area contributed by atoms with E-state index in [9.17, 15) is 4.79 Å². The quantitative estimate of drug-likeness (QED) is 0.754. The summed E-state index contributed by atoms with van der Waals surface area (Å²) in [4.78, 5) is 20.5. The highest BCUT2D eigenvalue weighted by Crippen LogP contribution is 2.24. The van der Waals surface area contributed by atoms with Crippen molar-refractivity contribution in [1.82, 2.24) is 20.2 Å². The van der Waals surface area contributed by atoms with E-state index in [-0.39, 0.29) is 5.56 Å². The minimum absolute atomic E-state index is 0.276. The molecule has 0 bridgehead atoms. The van der Waals surface area contributed by atoms with Gasteiger partial charge in [-0.15, -0.1) is 0 Å². The average molecular weight is 250 g/mol. The van der Waals surface area contributed by atoms with Crippen molar-refractivity contribution in [1.29, 1.82) is 0 Å². The van der Waals surface area contributed by atoms with Gasteiger partial charge in [0.25, 0.3) is 5.56 Å². The van der Waals surface area contributed by atoms with E-state index in [1.165, 1.54) is 0 Å². The Labute approximate surface area is 109 Å². The molecule has 1 N–H and O–H groups in total. The number of H-pyrrole nitrogens is 1. The lowest BCUT2D eigenvalue weighted by Gasteiger charge is -2.06. The van der Waals surface area contributed by atoms with Crippen molar-refractivity contribution in [2.45, 2.75) is 0 Å². The lowest BCUT2D eigenvalue weighted by atomic mass is 10.0. The first-order valence-electron chi connectivity index (χ1n) is 5.77. The zero-order valence-electron chi connectivity index (χ0n) is 9.95. The molecule has 0 fully saturated rings. The molecule has 92 valence electrons. The topological polar surface area (TPSA) is 71.5 Å². The number of nitrogens with zero attached hydrogens (tertiary/aromatic N) is 3. The van der Waals surface area contributed by atoms with Gasteiger partial charge in [-0.05, 0) is 24.3 Å². The van der Waals surface area contributed by atoms with Gasteiger partial charge in [0, 0.05) is 18.0 Å². The third kappa shape index (κ3) is 2.13. The van der Waals surface area contributed by atoms with Crippen LogP contribution in [-0.2, 0) is 0 Å². The van der Waals surface area contributed by atoms with Gasteiger partial charge in [0.05, 0.1) is 23.1 Å². The Morgan fingerprint density at radius 2 is 1.58 bits per heavy atom. The van der Waals surface area contributed by atoms with Gasteiger partial charge >= 0.3 is 0 Å². The van der Waals surface area contributed by atoms with Gasteiger partial charge in [-0.1, -0.05) is 12.1 Å². The fourth-order valence-corrected chi connectivity index (χ4v) is 1.88. The van der Waals surface area contributed by atoms with E-state index >= 15 is 0 Å². The maximum absolute atomic E-state index is 12.0. The van der Waals surface area contributed by atoms with E-state index in [1.54, 1.807) is 30.7 Å². The van der Waals surface area contributed by atoms with Gasteiger partial charge in [0.2, 0.25) is 0 Å². The van der Waals surface area contributed by atoms with Crippen molar-refractivity contribution in [2.24, 2.45) is 0 Å². The molecule has 0 saturated heterocycles. The van der Waals surface area contributed by atoms with Crippen LogP contribution in [0.3, 0.4) is 0 Å². The molecule has 3 aromatic heterocycles. The van der Waals surface area contributed by atoms with Crippen LogP contribution in [-0.4, -0.2) is 20.2 Å². The van der Waals surface area contributed by atoms with Crippen LogP contribution in [0.15, 0.2) is 59.8 Å². The van der Waals surface area contributed by atoms with Crippen molar-refractivity contribution in [3.63, 3.8) is 0 Å². The summed E-state index contributed by atoms with van der Waals surface area (Å²) in [6.07, 6.45) is 4.92. The van der Waals surface area contributed by atoms with Crippen molar-refractivity contribution in [3.05, 3.63) is 65.3 Å². The molecular formula is C14H10N4O. The number of hydrogen-bond acceptors (Lipinski definition) is 4. The van der Waals surface area contributed by atoms with Crippen LogP contribution in [0.1, 0.15) is 0 Å². The average Bonchev–Trinajstić information content (AvgIpc) is 2.49. The van der Waals surface area contributed by atoms with Crippen molar-refractivity contribution in [2.75, 3.05) is 0 Å². The molecule has 0 unspecified atom stereocenters. The highest BCUT2D eigenvalue weighted by atomic mass is 16.1. The number of hydrogen-bond donors (Lipinski definition) is 1. The Morgan fingerprint density at radius 1 is 0.895 bits per heavy atom. The summed E-state index contributed by atoms with van der Waals surface area (Å²) in [5.41, 5.74) is 2.17. The summed E-state index contributed by atoms with van der Waals surface area (Å²) in [5, 5.41) is 6.28. The van der Waals surface area contributed by atoms with Crippen molar-refractivity contribution in [3.8, 4) is 22.5 Å². The van der Waals surface area contributed by atoms with E-state index in [0.29, 0.717) is 22.5 Å². The molecular weight excluding hydrogens is 240 g/mol. The molecule has 0 amide bonds. The van der Waals surface area contributed by atoms with E-state index in [1.807, 2.05) is 24.3 Å². The summed E-state index contributed by atoms with van der Waals surface area (Å²) < 4.78 is 0. The monoisotopic (exact) mass is 250 g/mol. The van der Waals surface area contributed by atoms with Crippen LogP contribution in [0, 0.1) is 0 Å². The molecule has 0 aliphatic heterocycles. The highest BCUT2D eigenvalue weighted by molar-refractivity contribution is 5.78. The molecule has 5 heteroatoms. The number of pyridine rings is 2. The second kappa shape index (κ2) is 4.81. The zero-order chi connectivity index (χ0) is 13.1. The van der Waals surface area contributed by atoms with Gasteiger partial charge in [0.15, 0.2) is 0 Å².